The molecule has 1 aromatic carbocycles. The third kappa shape index (κ3) is 2.69. The fourth-order valence-electron chi connectivity index (χ4n) is 2.72. The van der Waals surface area contributed by atoms with Crippen molar-refractivity contribution in [1.82, 2.24) is 4.98 Å². The smallest absolute Gasteiger partial charge is 0.270 e. The standard InChI is InChI=1S/C15H15N3O3/c19-10-11-2-1-7-17(9-11)15-6-3-12-8-13(18(20)21)4-5-14(12)16-15/h3-6,8,10-11H,1-2,7,9H2. The second kappa shape index (κ2) is 5.47. The first-order valence-corrected chi connectivity index (χ1v) is 6.93. The molecule has 0 N–H and O–H groups in total. The molecule has 2 aromatic rings. The number of carbonyl (C=O) groups is 1. The molecule has 0 amide bonds. The number of hydrogen-bond donors (Lipinski definition) is 0. The highest BCUT2D eigenvalue weighted by atomic mass is 16.6. The van der Waals surface area contributed by atoms with Crippen LogP contribution >= 0.6 is 0 Å². The van der Waals surface area contributed by atoms with Crippen LogP contribution in [0.4, 0.5) is 11.5 Å². The molecule has 108 valence electrons. The van der Waals surface area contributed by atoms with Gasteiger partial charge in [0.05, 0.1) is 10.4 Å². The molecule has 1 atom stereocenters. The van der Waals surface area contributed by atoms with Crippen LogP contribution in [0, 0.1) is 16.0 Å². The van der Waals surface area contributed by atoms with Crippen LogP contribution in [0.5, 0.6) is 0 Å². The maximum Gasteiger partial charge on any atom is 0.270 e. The molecule has 1 saturated heterocycles. The lowest BCUT2D eigenvalue weighted by Gasteiger charge is -2.31. The number of nitro benzene ring substituents is 1. The molecule has 1 aliphatic rings. The Morgan fingerprint density at radius 3 is 2.95 bits per heavy atom. The Morgan fingerprint density at radius 2 is 2.19 bits per heavy atom. The van der Waals surface area contributed by atoms with Crippen LogP contribution in [-0.2, 0) is 4.79 Å². The summed E-state index contributed by atoms with van der Waals surface area (Å²) in [7, 11) is 0. The summed E-state index contributed by atoms with van der Waals surface area (Å²) in [5.41, 5.74) is 0.794. The Morgan fingerprint density at radius 1 is 1.33 bits per heavy atom. The van der Waals surface area contributed by atoms with E-state index in [1.807, 2.05) is 12.1 Å². The highest BCUT2D eigenvalue weighted by Gasteiger charge is 2.20. The third-order valence-corrected chi connectivity index (χ3v) is 3.84. The summed E-state index contributed by atoms with van der Waals surface area (Å²) in [6.07, 6.45) is 2.92. The molecule has 2 heterocycles. The van der Waals surface area contributed by atoms with E-state index in [-0.39, 0.29) is 11.6 Å². The minimum atomic E-state index is -0.410. The number of benzene rings is 1. The fraction of sp³-hybridized carbons (Fsp3) is 0.333. The molecule has 0 aliphatic carbocycles. The van der Waals surface area contributed by atoms with Gasteiger partial charge in [0, 0.05) is 36.5 Å². The Bertz CT molecular complexity index is 702. The first kappa shape index (κ1) is 13.5. The molecule has 1 fully saturated rings. The van der Waals surface area contributed by atoms with Gasteiger partial charge in [0.15, 0.2) is 0 Å². The minimum absolute atomic E-state index is 0.0631. The zero-order valence-corrected chi connectivity index (χ0v) is 11.4. The van der Waals surface area contributed by atoms with E-state index in [2.05, 4.69) is 9.88 Å². The van der Waals surface area contributed by atoms with Gasteiger partial charge >= 0.3 is 0 Å². The highest BCUT2D eigenvalue weighted by molar-refractivity contribution is 5.82. The third-order valence-electron chi connectivity index (χ3n) is 3.84. The number of carbonyl (C=O) groups excluding carboxylic acids is 1. The molecular weight excluding hydrogens is 270 g/mol. The average molecular weight is 285 g/mol. The van der Waals surface area contributed by atoms with Gasteiger partial charge in [-0.25, -0.2) is 4.98 Å². The lowest BCUT2D eigenvalue weighted by molar-refractivity contribution is -0.384. The van der Waals surface area contributed by atoms with Crippen LogP contribution in [0.15, 0.2) is 30.3 Å². The van der Waals surface area contributed by atoms with Crippen molar-refractivity contribution in [1.29, 1.82) is 0 Å². The van der Waals surface area contributed by atoms with Crippen LogP contribution in [0.2, 0.25) is 0 Å². The van der Waals surface area contributed by atoms with E-state index >= 15 is 0 Å². The first-order valence-electron chi connectivity index (χ1n) is 6.93. The van der Waals surface area contributed by atoms with Crippen LogP contribution in [0.25, 0.3) is 10.9 Å². The van der Waals surface area contributed by atoms with Crippen molar-refractivity contribution in [2.45, 2.75) is 12.8 Å². The minimum Gasteiger partial charge on any atom is -0.356 e. The van der Waals surface area contributed by atoms with Gasteiger partial charge in [-0.15, -0.1) is 0 Å². The van der Waals surface area contributed by atoms with Crippen molar-refractivity contribution >= 4 is 28.7 Å². The van der Waals surface area contributed by atoms with Gasteiger partial charge in [-0.1, -0.05) is 0 Å². The van der Waals surface area contributed by atoms with E-state index in [9.17, 15) is 14.9 Å². The average Bonchev–Trinajstić information content (AvgIpc) is 2.53. The van der Waals surface area contributed by atoms with E-state index in [1.165, 1.54) is 12.1 Å². The van der Waals surface area contributed by atoms with E-state index in [0.29, 0.717) is 6.54 Å². The second-order valence-electron chi connectivity index (χ2n) is 5.29. The first-order chi connectivity index (χ1) is 10.2. The fourth-order valence-corrected chi connectivity index (χ4v) is 2.72. The maximum atomic E-state index is 10.9. The molecule has 6 nitrogen and oxygen atoms in total. The quantitative estimate of drug-likeness (QED) is 0.492. The number of non-ortho nitro benzene ring substituents is 1. The number of rotatable bonds is 3. The summed E-state index contributed by atoms with van der Waals surface area (Å²) in [5, 5.41) is 11.5. The Balaban J connectivity index is 1.92. The summed E-state index contributed by atoms with van der Waals surface area (Å²) in [5.74, 6) is 0.885. The Kier molecular flexibility index (Phi) is 3.51. The Hall–Kier alpha value is -2.50. The van der Waals surface area contributed by atoms with Gasteiger partial charge in [0.1, 0.15) is 12.1 Å². The Labute approximate surface area is 121 Å². The monoisotopic (exact) mass is 285 g/mol. The van der Waals surface area contributed by atoms with E-state index in [0.717, 1.165) is 42.4 Å². The summed E-state index contributed by atoms with van der Waals surface area (Å²) < 4.78 is 0. The number of fused-ring (bicyclic) bond motifs is 1. The number of aldehydes is 1. The van der Waals surface area contributed by atoms with Crippen molar-refractivity contribution in [3.63, 3.8) is 0 Å². The van der Waals surface area contributed by atoms with Crippen molar-refractivity contribution in [2.75, 3.05) is 18.0 Å². The predicted octanol–water partition coefficient (Wildman–Crippen LogP) is 2.56. The zero-order chi connectivity index (χ0) is 14.8. The zero-order valence-electron chi connectivity index (χ0n) is 11.4. The molecule has 0 radical (unpaired) electrons. The number of hydrogen-bond acceptors (Lipinski definition) is 5. The predicted molar refractivity (Wildman–Crippen MR) is 79.4 cm³/mol. The molecule has 0 saturated carbocycles. The normalized spacial score (nSPS) is 18.7. The molecule has 1 aromatic heterocycles. The molecule has 3 rings (SSSR count). The van der Waals surface area contributed by atoms with Crippen molar-refractivity contribution < 1.29 is 9.72 Å². The second-order valence-corrected chi connectivity index (χ2v) is 5.29. The number of nitro groups is 1. The van der Waals surface area contributed by atoms with Crippen LogP contribution in [0.3, 0.4) is 0 Å². The number of piperidine rings is 1. The van der Waals surface area contributed by atoms with Crippen molar-refractivity contribution in [3.05, 3.63) is 40.4 Å². The van der Waals surface area contributed by atoms with Crippen LogP contribution in [0.1, 0.15) is 12.8 Å². The summed E-state index contributed by atoms with van der Waals surface area (Å²) >= 11 is 0. The van der Waals surface area contributed by atoms with Gasteiger partial charge < -0.3 is 9.69 Å². The summed E-state index contributed by atoms with van der Waals surface area (Å²) in [4.78, 5) is 28.0. The van der Waals surface area contributed by atoms with E-state index in [4.69, 9.17) is 0 Å². The van der Waals surface area contributed by atoms with Gasteiger partial charge in [-0.3, -0.25) is 10.1 Å². The molecule has 0 bridgehead atoms. The summed E-state index contributed by atoms with van der Waals surface area (Å²) in [6.45, 7) is 1.57. The van der Waals surface area contributed by atoms with Crippen LogP contribution < -0.4 is 4.90 Å². The van der Waals surface area contributed by atoms with Gasteiger partial charge in [-0.05, 0) is 31.0 Å². The lowest BCUT2D eigenvalue weighted by atomic mass is 10.00. The maximum absolute atomic E-state index is 10.9. The molecule has 0 spiro atoms. The molecule has 1 aliphatic heterocycles. The number of aromatic nitrogens is 1. The molecule has 21 heavy (non-hydrogen) atoms. The van der Waals surface area contributed by atoms with E-state index < -0.39 is 4.92 Å². The number of pyridine rings is 1. The SMILES string of the molecule is O=CC1CCCN(c2ccc3cc([N+](=O)[O-])ccc3n2)C1. The highest BCUT2D eigenvalue weighted by Crippen LogP contribution is 2.25. The number of anilines is 1. The van der Waals surface area contributed by atoms with Crippen LogP contribution in [-0.4, -0.2) is 29.3 Å². The number of nitrogens with zero attached hydrogens (tertiary/aromatic N) is 3. The van der Waals surface area contributed by atoms with Gasteiger partial charge in [-0.2, -0.15) is 0 Å². The lowest BCUT2D eigenvalue weighted by Crippen LogP contribution is -2.36. The summed E-state index contributed by atoms with van der Waals surface area (Å²) in [6, 6.07) is 8.35. The van der Waals surface area contributed by atoms with Gasteiger partial charge in [0.2, 0.25) is 0 Å². The van der Waals surface area contributed by atoms with Crippen molar-refractivity contribution in [2.24, 2.45) is 5.92 Å². The molecule has 1 unspecified atom stereocenters. The van der Waals surface area contributed by atoms with Crippen molar-refractivity contribution in [3.8, 4) is 0 Å². The van der Waals surface area contributed by atoms with Gasteiger partial charge in [0.25, 0.3) is 5.69 Å². The molecular formula is C15H15N3O3. The molecule has 6 heteroatoms. The van der Waals surface area contributed by atoms with E-state index in [1.54, 1.807) is 6.07 Å². The topological polar surface area (TPSA) is 76.3 Å². The largest absolute Gasteiger partial charge is 0.356 e.